The first kappa shape index (κ1) is 23.9. The maximum atomic E-state index is 12.4. The van der Waals surface area contributed by atoms with Crippen molar-refractivity contribution in [3.63, 3.8) is 0 Å². The number of rotatable bonds is 10. The molecule has 3 aromatic carbocycles. The molecule has 2 amide bonds. The second kappa shape index (κ2) is 11.7. The van der Waals surface area contributed by atoms with Crippen molar-refractivity contribution in [2.75, 3.05) is 19.0 Å². The minimum Gasteiger partial charge on any atom is -0.493 e. The molecular weight excluding hydrogens is 434 g/mol. The molecule has 0 unspecified atom stereocenters. The lowest BCUT2D eigenvalue weighted by Gasteiger charge is -2.10. The predicted octanol–water partition coefficient (Wildman–Crippen LogP) is 3.66. The zero-order chi connectivity index (χ0) is 24.3. The molecule has 0 heterocycles. The first-order chi connectivity index (χ1) is 16.5. The van der Waals surface area contributed by atoms with Gasteiger partial charge in [-0.25, -0.2) is 0 Å². The fourth-order valence-corrected chi connectivity index (χ4v) is 2.97. The van der Waals surface area contributed by atoms with Crippen LogP contribution in [0, 0.1) is 11.3 Å². The van der Waals surface area contributed by atoms with E-state index in [-0.39, 0.29) is 12.5 Å². The standard InChI is InChI=1S/C26H23N3O5/c1-32-24-13-18(8-10-23(24)34-17-25(28)30)9-11-26(31)29-21-6-3-7-22(14-21)33-16-20-5-2-4-19(12-20)15-27/h2-14H,16-17H2,1H3,(H2,28,30)(H,29,31)/b11-9+. The van der Waals surface area contributed by atoms with Crippen LogP contribution in [0.4, 0.5) is 5.69 Å². The molecule has 0 aliphatic rings. The van der Waals surface area contributed by atoms with Gasteiger partial charge in [-0.2, -0.15) is 5.26 Å². The van der Waals surface area contributed by atoms with Crippen LogP contribution in [0.25, 0.3) is 6.08 Å². The molecule has 0 spiro atoms. The number of nitriles is 1. The van der Waals surface area contributed by atoms with Gasteiger partial charge in [-0.15, -0.1) is 0 Å². The molecule has 3 N–H and O–H groups in total. The van der Waals surface area contributed by atoms with Gasteiger partial charge in [0, 0.05) is 17.8 Å². The number of benzene rings is 3. The van der Waals surface area contributed by atoms with E-state index in [2.05, 4.69) is 11.4 Å². The largest absolute Gasteiger partial charge is 0.493 e. The Morgan fingerprint density at radius 3 is 2.62 bits per heavy atom. The third-order valence-electron chi connectivity index (χ3n) is 4.55. The summed E-state index contributed by atoms with van der Waals surface area (Å²) in [5.74, 6) is 0.450. The van der Waals surface area contributed by atoms with Crippen LogP contribution in [-0.4, -0.2) is 25.5 Å². The quantitative estimate of drug-likeness (QED) is 0.448. The first-order valence-electron chi connectivity index (χ1n) is 10.3. The molecule has 3 rings (SSSR count). The van der Waals surface area contributed by atoms with Crippen LogP contribution in [0.15, 0.2) is 72.8 Å². The fourth-order valence-electron chi connectivity index (χ4n) is 2.97. The van der Waals surface area contributed by atoms with E-state index in [1.54, 1.807) is 66.7 Å². The third-order valence-corrected chi connectivity index (χ3v) is 4.55. The van der Waals surface area contributed by atoms with Crippen LogP contribution >= 0.6 is 0 Å². The van der Waals surface area contributed by atoms with Crippen LogP contribution in [-0.2, 0) is 16.2 Å². The summed E-state index contributed by atoms with van der Waals surface area (Å²) in [6.07, 6.45) is 3.01. The van der Waals surface area contributed by atoms with Gasteiger partial charge < -0.3 is 25.3 Å². The number of carbonyl (C=O) groups excluding carboxylic acids is 2. The van der Waals surface area contributed by atoms with Gasteiger partial charge in [0.05, 0.1) is 18.7 Å². The van der Waals surface area contributed by atoms with E-state index in [1.807, 2.05) is 6.07 Å². The summed E-state index contributed by atoms with van der Waals surface area (Å²) < 4.78 is 16.3. The van der Waals surface area contributed by atoms with Gasteiger partial charge in [-0.05, 0) is 53.6 Å². The van der Waals surface area contributed by atoms with Gasteiger partial charge in [-0.3, -0.25) is 9.59 Å². The third kappa shape index (κ3) is 7.14. The Balaban J connectivity index is 1.59. The monoisotopic (exact) mass is 457 g/mol. The second-order valence-corrected chi connectivity index (χ2v) is 7.12. The number of nitrogens with zero attached hydrogens (tertiary/aromatic N) is 1. The molecule has 0 fully saturated rings. The summed E-state index contributed by atoms with van der Waals surface area (Å²) in [6.45, 7) is 0.0385. The molecule has 0 bridgehead atoms. The average molecular weight is 457 g/mol. The maximum Gasteiger partial charge on any atom is 0.255 e. The lowest BCUT2D eigenvalue weighted by Crippen LogP contribution is -2.20. The number of hydrogen-bond donors (Lipinski definition) is 2. The zero-order valence-corrected chi connectivity index (χ0v) is 18.5. The number of nitrogens with one attached hydrogen (secondary N) is 1. The molecule has 0 radical (unpaired) electrons. The maximum absolute atomic E-state index is 12.4. The number of ether oxygens (including phenoxy) is 3. The molecule has 0 aliphatic carbocycles. The topological polar surface area (TPSA) is 124 Å². The van der Waals surface area contributed by atoms with Crippen molar-refractivity contribution < 1.29 is 23.8 Å². The highest BCUT2D eigenvalue weighted by atomic mass is 16.5. The Kier molecular flexibility index (Phi) is 8.25. The van der Waals surface area contributed by atoms with Gasteiger partial charge in [0.15, 0.2) is 18.1 Å². The highest BCUT2D eigenvalue weighted by Crippen LogP contribution is 2.28. The molecule has 0 aromatic heterocycles. The Morgan fingerprint density at radius 1 is 1.03 bits per heavy atom. The van der Waals surface area contributed by atoms with Gasteiger partial charge in [0.1, 0.15) is 12.4 Å². The van der Waals surface area contributed by atoms with E-state index < -0.39 is 5.91 Å². The van der Waals surface area contributed by atoms with Crippen LogP contribution in [0.3, 0.4) is 0 Å². The molecule has 0 saturated heterocycles. The normalized spacial score (nSPS) is 10.4. The number of hydrogen-bond acceptors (Lipinski definition) is 6. The molecule has 0 atom stereocenters. The summed E-state index contributed by atoms with van der Waals surface area (Å²) in [4.78, 5) is 23.3. The van der Waals surface area contributed by atoms with Crippen molar-refractivity contribution in [2.24, 2.45) is 5.73 Å². The highest BCUT2D eigenvalue weighted by molar-refractivity contribution is 6.02. The highest BCUT2D eigenvalue weighted by Gasteiger charge is 2.07. The Labute approximate surface area is 197 Å². The summed E-state index contributed by atoms with van der Waals surface area (Å²) in [7, 11) is 1.47. The van der Waals surface area contributed by atoms with Crippen molar-refractivity contribution in [1.29, 1.82) is 5.26 Å². The van der Waals surface area contributed by atoms with Crippen molar-refractivity contribution >= 4 is 23.6 Å². The summed E-state index contributed by atoms with van der Waals surface area (Å²) in [6, 6.07) is 21.3. The van der Waals surface area contributed by atoms with Gasteiger partial charge in [0.25, 0.3) is 5.91 Å². The lowest BCUT2D eigenvalue weighted by atomic mass is 10.1. The number of carbonyl (C=O) groups is 2. The molecule has 8 heteroatoms. The smallest absolute Gasteiger partial charge is 0.255 e. The number of amides is 2. The van der Waals surface area contributed by atoms with Crippen molar-refractivity contribution in [1.82, 2.24) is 0 Å². The number of methoxy groups -OCH3 is 1. The molecule has 3 aromatic rings. The van der Waals surface area contributed by atoms with E-state index in [9.17, 15) is 9.59 Å². The molecule has 34 heavy (non-hydrogen) atoms. The van der Waals surface area contributed by atoms with Gasteiger partial charge in [0.2, 0.25) is 5.91 Å². The van der Waals surface area contributed by atoms with Crippen LogP contribution < -0.4 is 25.3 Å². The Bertz CT molecular complexity index is 1250. The lowest BCUT2D eigenvalue weighted by molar-refractivity contribution is -0.120. The predicted molar refractivity (Wildman–Crippen MR) is 127 cm³/mol. The number of nitrogens with two attached hydrogens (primary N) is 1. The Hall–Kier alpha value is -4.77. The summed E-state index contributed by atoms with van der Waals surface area (Å²) in [5, 5.41) is 11.8. The van der Waals surface area contributed by atoms with Crippen molar-refractivity contribution in [3.05, 3.63) is 89.5 Å². The van der Waals surface area contributed by atoms with Crippen LogP contribution in [0.1, 0.15) is 16.7 Å². The molecular formula is C26H23N3O5. The first-order valence-corrected chi connectivity index (χ1v) is 10.3. The number of anilines is 1. The second-order valence-electron chi connectivity index (χ2n) is 7.12. The van der Waals surface area contributed by atoms with Gasteiger partial charge >= 0.3 is 0 Å². The van der Waals surface area contributed by atoms with Crippen LogP contribution in [0.5, 0.6) is 17.2 Å². The summed E-state index contributed by atoms with van der Waals surface area (Å²) in [5.41, 5.74) is 7.81. The summed E-state index contributed by atoms with van der Waals surface area (Å²) >= 11 is 0. The fraction of sp³-hybridized carbons (Fsp3) is 0.115. The molecule has 172 valence electrons. The van der Waals surface area contributed by atoms with Crippen LogP contribution in [0.2, 0.25) is 0 Å². The minimum absolute atomic E-state index is 0.261. The van der Waals surface area contributed by atoms with E-state index in [4.69, 9.17) is 25.2 Å². The van der Waals surface area contributed by atoms with Crippen molar-refractivity contribution in [3.8, 4) is 23.3 Å². The molecule has 8 nitrogen and oxygen atoms in total. The van der Waals surface area contributed by atoms with E-state index in [0.29, 0.717) is 40.7 Å². The SMILES string of the molecule is COc1cc(/C=C/C(=O)Nc2cccc(OCc3cccc(C#N)c3)c2)ccc1OCC(N)=O. The molecule has 0 saturated carbocycles. The van der Waals surface area contributed by atoms with E-state index >= 15 is 0 Å². The van der Waals surface area contributed by atoms with Crippen molar-refractivity contribution in [2.45, 2.75) is 6.61 Å². The zero-order valence-electron chi connectivity index (χ0n) is 18.5. The minimum atomic E-state index is -0.592. The Morgan fingerprint density at radius 2 is 1.85 bits per heavy atom. The average Bonchev–Trinajstić information content (AvgIpc) is 2.85. The molecule has 0 aliphatic heterocycles. The van der Waals surface area contributed by atoms with E-state index in [1.165, 1.54) is 13.2 Å². The number of primary amides is 1. The van der Waals surface area contributed by atoms with E-state index in [0.717, 1.165) is 5.56 Å². The van der Waals surface area contributed by atoms with Gasteiger partial charge in [-0.1, -0.05) is 24.3 Å².